The van der Waals surface area contributed by atoms with Crippen LogP contribution in [0.5, 0.6) is 0 Å². The van der Waals surface area contributed by atoms with Gasteiger partial charge in [-0.15, -0.1) is 0 Å². The highest BCUT2D eigenvalue weighted by atomic mass is 35.5. The third kappa shape index (κ3) is 1.95. The minimum Gasteiger partial charge on any atom is -0.256 e. The molecule has 0 aliphatic rings. The number of halogens is 1. The normalized spacial score (nSPS) is 10.8. The predicted octanol–water partition coefficient (Wildman–Crippen LogP) is 4.26. The van der Waals surface area contributed by atoms with Crippen LogP contribution in [0.4, 0.5) is 0 Å². The van der Waals surface area contributed by atoms with Crippen molar-refractivity contribution in [1.82, 2.24) is 9.97 Å². The Morgan fingerprint density at radius 3 is 2.61 bits per heavy atom. The van der Waals surface area contributed by atoms with Crippen molar-refractivity contribution in [2.75, 3.05) is 0 Å². The molecule has 3 aromatic rings. The average molecular weight is 255 g/mol. The summed E-state index contributed by atoms with van der Waals surface area (Å²) in [6.45, 7) is 2.06. The van der Waals surface area contributed by atoms with Crippen LogP contribution < -0.4 is 0 Å². The highest BCUT2D eigenvalue weighted by Gasteiger charge is 2.06. The zero-order valence-electron chi connectivity index (χ0n) is 9.89. The summed E-state index contributed by atoms with van der Waals surface area (Å²) in [5, 5.41) is 1.38. The number of nitrogens with zero attached hydrogens (tertiary/aromatic N) is 2. The standard InChI is InChI=1S/C15H11ClN2/c1-10-4-6-11(7-5-10)13-9-14-12(15(16)18-13)3-2-8-17-14/h2-9H,1H3. The Bertz CT molecular complexity index is 705. The molecule has 0 bridgehead atoms. The Hall–Kier alpha value is -1.93. The Morgan fingerprint density at radius 2 is 1.83 bits per heavy atom. The lowest BCUT2D eigenvalue weighted by Crippen LogP contribution is -1.88. The van der Waals surface area contributed by atoms with Gasteiger partial charge in [0, 0.05) is 17.1 Å². The first-order valence-corrected chi connectivity index (χ1v) is 6.10. The average Bonchev–Trinajstić information content (AvgIpc) is 2.39. The Kier molecular flexibility index (Phi) is 2.73. The van der Waals surface area contributed by atoms with Gasteiger partial charge in [-0.3, -0.25) is 4.98 Å². The highest BCUT2D eigenvalue weighted by Crippen LogP contribution is 2.26. The van der Waals surface area contributed by atoms with Gasteiger partial charge in [-0.25, -0.2) is 4.98 Å². The molecule has 0 fully saturated rings. The molecular weight excluding hydrogens is 244 g/mol. The molecule has 2 nitrogen and oxygen atoms in total. The molecule has 0 saturated heterocycles. The zero-order valence-corrected chi connectivity index (χ0v) is 10.6. The van der Waals surface area contributed by atoms with Crippen LogP contribution >= 0.6 is 11.6 Å². The third-order valence-electron chi connectivity index (χ3n) is 2.90. The van der Waals surface area contributed by atoms with Crippen molar-refractivity contribution in [2.45, 2.75) is 6.92 Å². The maximum absolute atomic E-state index is 6.19. The molecule has 18 heavy (non-hydrogen) atoms. The number of pyridine rings is 2. The van der Waals surface area contributed by atoms with E-state index in [0.29, 0.717) is 5.15 Å². The Balaban J connectivity index is 2.21. The summed E-state index contributed by atoms with van der Waals surface area (Å²) in [7, 11) is 0. The molecule has 3 heteroatoms. The van der Waals surface area contributed by atoms with E-state index < -0.39 is 0 Å². The molecule has 0 spiro atoms. The van der Waals surface area contributed by atoms with Gasteiger partial charge in [-0.2, -0.15) is 0 Å². The first kappa shape index (κ1) is 11.2. The molecule has 0 amide bonds. The van der Waals surface area contributed by atoms with E-state index in [1.165, 1.54) is 5.56 Å². The van der Waals surface area contributed by atoms with Gasteiger partial charge in [0.1, 0.15) is 5.15 Å². The number of hydrogen-bond acceptors (Lipinski definition) is 2. The smallest absolute Gasteiger partial charge is 0.139 e. The van der Waals surface area contributed by atoms with Crippen LogP contribution in [-0.4, -0.2) is 9.97 Å². The van der Waals surface area contributed by atoms with Gasteiger partial charge in [0.05, 0.1) is 11.2 Å². The van der Waals surface area contributed by atoms with Crippen molar-refractivity contribution >= 4 is 22.5 Å². The van der Waals surface area contributed by atoms with E-state index in [2.05, 4.69) is 29.0 Å². The molecule has 0 N–H and O–H groups in total. The third-order valence-corrected chi connectivity index (χ3v) is 3.19. The zero-order chi connectivity index (χ0) is 12.5. The summed E-state index contributed by atoms with van der Waals surface area (Å²) in [5.74, 6) is 0. The quantitative estimate of drug-likeness (QED) is 0.607. The lowest BCUT2D eigenvalue weighted by molar-refractivity contribution is 1.32. The fourth-order valence-corrected chi connectivity index (χ4v) is 2.16. The minimum atomic E-state index is 0.496. The molecule has 0 atom stereocenters. The van der Waals surface area contributed by atoms with Crippen LogP contribution in [0.3, 0.4) is 0 Å². The summed E-state index contributed by atoms with van der Waals surface area (Å²) >= 11 is 6.19. The first-order valence-electron chi connectivity index (χ1n) is 5.72. The second kappa shape index (κ2) is 4.39. The van der Waals surface area contributed by atoms with E-state index in [0.717, 1.165) is 22.2 Å². The highest BCUT2D eigenvalue weighted by molar-refractivity contribution is 6.34. The van der Waals surface area contributed by atoms with Gasteiger partial charge >= 0.3 is 0 Å². The fraction of sp³-hybridized carbons (Fsp3) is 0.0667. The van der Waals surface area contributed by atoms with Gasteiger partial charge in [0.2, 0.25) is 0 Å². The number of hydrogen-bond donors (Lipinski definition) is 0. The maximum Gasteiger partial charge on any atom is 0.139 e. The molecule has 2 heterocycles. The molecule has 2 aromatic heterocycles. The van der Waals surface area contributed by atoms with Crippen LogP contribution in [0.15, 0.2) is 48.7 Å². The fourth-order valence-electron chi connectivity index (χ4n) is 1.91. The summed E-state index contributed by atoms with van der Waals surface area (Å²) < 4.78 is 0. The number of aryl methyl sites for hydroxylation is 1. The molecule has 88 valence electrons. The number of rotatable bonds is 1. The van der Waals surface area contributed by atoms with Crippen molar-refractivity contribution in [3.05, 3.63) is 59.4 Å². The van der Waals surface area contributed by atoms with Crippen LogP contribution in [-0.2, 0) is 0 Å². The summed E-state index contributed by atoms with van der Waals surface area (Å²) in [4.78, 5) is 8.75. The molecule has 0 aliphatic heterocycles. The van der Waals surface area contributed by atoms with Gasteiger partial charge in [-0.05, 0) is 25.1 Å². The van der Waals surface area contributed by atoms with E-state index in [1.54, 1.807) is 6.20 Å². The largest absolute Gasteiger partial charge is 0.256 e. The minimum absolute atomic E-state index is 0.496. The lowest BCUT2D eigenvalue weighted by Gasteiger charge is -2.05. The van der Waals surface area contributed by atoms with Gasteiger partial charge in [0.15, 0.2) is 0 Å². The summed E-state index contributed by atoms with van der Waals surface area (Å²) in [5.41, 5.74) is 4.00. The van der Waals surface area contributed by atoms with Crippen molar-refractivity contribution in [1.29, 1.82) is 0 Å². The van der Waals surface area contributed by atoms with Gasteiger partial charge < -0.3 is 0 Å². The van der Waals surface area contributed by atoms with Gasteiger partial charge in [-0.1, -0.05) is 41.4 Å². The topological polar surface area (TPSA) is 25.8 Å². The summed E-state index contributed by atoms with van der Waals surface area (Å²) in [6.07, 6.45) is 1.76. The van der Waals surface area contributed by atoms with Crippen molar-refractivity contribution in [3.8, 4) is 11.3 Å². The van der Waals surface area contributed by atoms with Crippen LogP contribution in [0, 0.1) is 6.92 Å². The molecule has 0 aliphatic carbocycles. The Morgan fingerprint density at radius 1 is 1.06 bits per heavy atom. The monoisotopic (exact) mass is 254 g/mol. The molecule has 0 radical (unpaired) electrons. The van der Waals surface area contributed by atoms with Crippen molar-refractivity contribution < 1.29 is 0 Å². The molecule has 3 rings (SSSR count). The molecule has 0 saturated carbocycles. The van der Waals surface area contributed by atoms with E-state index in [9.17, 15) is 0 Å². The second-order valence-corrected chi connectivity index (χ2v) is 4.59. The Labute approximate surface area is 110 Å². The molecule has 0 unspecified atom stereocenters. The first-order chi connectivity index (χ1) is 8.74. The van der Waals surface area contributed by atoms with Crippen molar-refractivity contribution in [3.63, 3.8) is 0 Å². The maximum atomic E-state index is 6.19. The van der Waals surface area contributed by atoms with E-state index in [4.69, 9.17) is 11.6 Å². The SMILES string of the molecule is Cc1ccc(-c2cc3ncccc3c(Cl)n2)cc1. The second-order valence-electron chi connectivity index (χ2n) is 4.23. The summed E-state index contributed by atoms with van der Waals surface area (Å²) in [6, 6.07) is 14.0. The van der Waals surface area contributed by atoms with E-state index >= 15 is 0 Å². The number of benzene rings is 1. The van der Waals surface area contributed by atoms with Gasteiger partial charge in [0.25, 0.3) is 0 Å². The number of aromatic nitrogens is 2. The van der Waals surface area contributed by atoms with Crippen LogP contribution in [0.2, 0.25) is 5.15 Å². The predicted molar refractivity (Wildman–Crippen MR) is 74.7 cm³/mol. The molecular formula is C15H11ClN2. The molecule has 1 aromatic carbocycles. The van der Waals surface area contributed by atoms with E-state index in [-0.39, 0.29) is 0 Å². The number of fused-ring (bicyclic) bond motifs is 1. The van der Waals surface area contributed by atoms with Crippen LogP contribution in [0.25, 0.3) is 22.2 Å². The van der Waals surface area contributed by atoms with E-state index in [1.807, 2.05) is 30.3 Å². The van der Waals surface area contributed by atoms with Crippen molar-refractivity contribution in [2.24, 2.45) is 0 Å². The lowest BCUT2D eigenvalue weighted by atomic mass is 10.1. The van der Waals surface area contributed by atoms with Crippen LogP contribution in [0.1, 0.15) is 5.56 Å².